The molecule has 0 fully saturated rings. The van der Waals surface area contributed by atoms with Crippen molar-refractivity contribution in [2.45, 2.75) is 18.6 Å². The number of H-pyrrole nitrogens is 1. The van der Waals surface area contributed by atoms with Crippen molar-refractivity contribution in [3.63, 3.8) is 0 Å². The van der Waals surface area contributed by atoms with Gasteiger partial charge in [-0.3, -0.25) is 14.5 Å². The van der Waals surface area contributed by atoms with E-state index in [9.17, 15) is 4.79 Å². The number of thioether (sulfide) groups is 1. The third-order valence-corrected chi connectivity index (χ3v) is 2.71. The smallest absolute Gasteiger partial charge is 0.265 e. The van der Waals surface area contributed by atoms with Gasteiger partial charge in [-0.15, -0.1) is 0 Å². The monoisotopic (exact) mass is 210 g/mol. The van der Waals surface area contributed by atoms with Gasteiger partial charge >= 0.3 is 0 Å². The second kappa shape index (κ2) is 3.45. The van der Waals surface area contributed by atoms with Crippen molar-refractivity contribution in [1.82, 2.24) is 19.7 Å². The highest BCUT2D eigenvalue weighted by molar-refractivity contribution is 7.98. The number of nitrogens with one attached hydrogen (secondary N) is 1. The van der Waals surface area contributed by atoms with Gasteiger partial charge in [0.2, 0.25) is 0 Å². The molecule has 1 N–H and O–H groups in total. The lowest BCUT2D eigenvalue weighted by Crippen LogP contribution is -2.21. The first-order chi connectivity index (χ1) is 6.77. The minimum absolute atomic E-state index is 0.0319. The third-order valence-electron chi connectivity index (χ3n) is 2.03. The number of nitrogens with zero attached hydrogens (tertiary/aromatic N) is 3. The molecule has 0 unspecified atom stereocenters. The Balaban J connectivity index is 2.86. The summed E-state index contributed by atoms with van der Waals surface area (Å²) in [4.78, 5) is 16.1. The summed E-state index contributed by atoms with van der Waals surface area (Å²) in [6.45, 7) is 2.55. The Hall–Kier alpha value is -1.30. The van der Waals surface area contributed by atoms with Gasteiger partial charge in [0.15, 0.2) is 10.8 Å². The van der Waals surface area contributed by atoms with E-state index in [1.165, 1.54) is 18.0 Å². The van der Waals surface area contributed by atoms with E-state index < -0.39 is 0 Å². The molecular weight excluding hydrogens is 200 g/mol. The van der Waals surface area contributed by atoms with E-state index in [1.807, 2.05) is 13.2 Å². The van der Waals surface area contributed by atoms with E-state index >= 15 is 0 Å². The summed E-state index contributed by atoms with van der Waals surface area (Å²) in [7, 11) is 0. The highest BCUT2D eigenvalue weighted by atomic mass is 32.2. The topological polar surface area (TPSA) is 63.6 Å². The van der Waals surface area contributed by atoms with Crippen molar-refractivity contribution < 1.29 is 0 Å². The van der Waals surface area contributed by atoms with Crippen LogP contribution in [0.5, 0.6) is 0 Å². The van der Waals surface area contributed by atoms with Gasteiger partial charge in [-0.2, -0.15) is 5.10 Å². The summed E-state index contributed by atoms with van der Waals surface area (Å²) in [5.74, 6) is 0. The minimum Gasteiger partial charge on any atom is -0.287 e. The van der Waals surface area contributed by atoms with Crippen LogP contribution in [-0.4, -0.2) is 26.0 Å². The predicted molar refractivity (Wildman–Crippen MR) is 55.6 cm³/mol. The summed E-state index contributed by atoms with van der Waals surface area (Å²) in [6, 6.07) is 0. The Morgan fingerprint density at radius 1 is 1.64 bits per heavy atom. The van der Waals surface area contributed by atoms with E-state index in [4.69, 9.17) is 0 Å². The van der Waals surface area contributed by atoms with Crippen LogP contribution < -0.4 is 5.56 Å². The fraction of sp³-hybridized carbons (Fsp3) is 0.375. The minimum atomic E-state index is -0.0319. The van der Waals surface area contributed by atoms with Crippen LogP contribution in [0.25, 0.3) is 11.0 Å². The van der Waals surface area contributed by atoms with Gasteiger partial charge in [-0.25, -0.2) is 4.98 Å². The zero-order chi connectivity index (χ0) is 10.1. The number of hydrogen-bond donors (Lipinski definition) is 1. The molecule has 14 heavy (non-hydrogen) atoms. The molecule has 0 saturated carbocycles. The fourth-order valence-electron chi connectivity index (χ4n) is 1.34. The zero-order valence-electron chi connectivity index (χ0n) is 7.94. The third kappa shape index (κ3) is 1.22. The van der Waals surface area contributed by atoms with Gasteiger partial charge < -0.3 is 0 Å². The molecule has 2 rings (SSSR count). The van der Waals surface area contributed by atoms with Crippen molar-refractivity contribution >= 4 is 22.8 Å². The van der Waals surface area contributed by atoms with Crippen LogP contribution in [0.4, 0.5) is 0 Å². The molecule has 0 bridgehead atoms. The standard InChI is InChI=1S/C8H10N4OS/c1-3-12-7(13)5-4-9-11-6(5)10-8(12)14-2/h4H,3H2,1-2H3,(H,9,11). The lowest BCUT2D eigenvalue weighted by molar-refractivity contribution is 0.634. The van der Waals surface area contributed by atoms with Crippen molar-refractivity contribution in [2.24, 2.45) is 0 Å². The number of fused-ring (bicyclic) bond motifs is 1. The fourth-order valence-corrected chi connectivity index (χ4v) is 1.96. The number of aromatic amines is 1. The van der Waals surface area contributed by atoms with Crippen LogP contribution in [-0.2, 0) is 6.54 Å². The highest BCUT2D eigenvalue weighted by Gasteiger charge is 2.09. The van der Waals surface area contributed by atoms with E-state index in [-0.39, 0.29) is 5.56 Å². The van der Waals surface area contributed by atoms with E-state index in [1.54, 1.807) is 4.57 Å². The van der Waals surface area contributed by atoms with Gasteiger partial charge in [0, 0.05) is 6.54 Å². The lowest BCUT2D eigenvalue weighted by Gasteiger charge is -2.06. The summed E-state index contributed by atoms with van der Waals surface area (Å²) < 4.78 is 1.64. The average molecular weight is 210 g/mol. The quantitative estimate of drug-likeness (QED) is 0.590. The molecule has 0 aliphatic rings. The molecule has 0 saturated heterocycles. The molecule has 5 nitrogen and oxygen atoms in total. The Morgan fingerprint density at radius 2 is 2.43 bits per heavy atom. The van der Waals surface area contributed by atoms with Gasteiger partial charge in [0.1, 0.15) is 5.39 Å². The molecule has 2 aromatic rings. The maximum atomic E-state index is 11.8. The first-order valence-electron chi connectivity index (χ1n) is 4.25. The molecule has 6 heteroatoms. The maximum absolute atomic E-state index is 11.8. The first-order valence-corrected chi connectivity index (χ1v) is 5.48. The van der Waals surface area contributed by atoms with Crippen molar-refractivity contribution in [1.29, 1.82) is 0 Å². The predicted octanol–water partition coefficient (Wildman–Crippen LogP) is 0.861. The van der Waals surface area contributed by atoms with Crippen molar-refractivity contribution in [3.8, 4) is 0 Å². The lowest BCUT2D eigenvalue weighted by atomic mass is 10.4. The molecule has 0 amide bonds. The van der Waals surface area contributed by atoms with Gasteiger partial charge in [0.05, 0.1) is 6.20 Å². The van der Waals surface area contributed by atoms with Crippen molar-refractivity contribution in [2.75, 3.05) is 6.26 Å². The van der Waals surface area contributed by atoms with Crippen LogP contribution in [0.2, 0.25) is 0 Å². The largest absolute Gasteiger partial charge is 0.287 e. The van der Waals surface area contributed by atoms with Crippen LogP contribution in [0.15, 0.2) is 16.1 Å². The number of aromatic nitrogens is 4. The Kier molecular flexibility index (Phi) is 2.28. The Bertz CT molecular complexity index is 516. The SMILES string of the molecule is CCn1c(SC)nc2[nH]ncc2c1=O. The van der Waals surface area contributed by atoms with Gasteiger partial charge in [-0.05, 0) is 13.2 Å². The molecule has 2 aromatic heterocycles. The number of hydrogen-bond acceptors (Lipinski definition) is 4. The van der Waals surface area contributed by atoms with Gasteiger partial charge in [0.25, 0.3) is 5.56 Å². The van der Waals surface area contributed by atoms with Crippen LogP contribution in [0.1, 0.15) is 6.92 Å². The second-order valence-corrected chi connectivity index (χ2v) is 3.55. The van der Waals surface area contributed by atoms with Crippen LogP contribution >= 0.6 is 11.8 Å². The van der Waals surface area contributed by atoms with Crippen molar-refractivity contribution in [3.05, 3.63) is 16.6 Å². The summed E-state index contributed by atoms with van der Waals surface area (Å²) in [6.07, 6.45) is 3.41. The Labute approximate surface area is 84.5 Å². The molecule has 0 aliphatic heterocycles. The van der Waals surface area contributed by atoms with E-state index in [0.717, 1.165) is 0 Å². The average Bonchev–Trinajstić information content (AvgIpc) is 2.65. The molecule has 0 atom stereocenters. The van der Waals surface area contributed by atoms with Gasteiger partial charge in [-0.1, -0.05) is 11.8 Å². The molecule has 74 valence electrons. The summed E-state index contributed by atoms with van der Waals surface area (Å²) in [5.41, 5.74) is 0.527. The van der Waals surface area contributed by atoms with Crippen LogP contribution in [0, 0.1) is 0 Å². The molecule has 0 aromatic carbocycles. The van der Waals surface area contributed by atoms with E-state index in [2.05, 4.69) is 15.2 Å². The molecule has 0 spiro atoms. The first kappa shape index (κ1) is 9.26. The molecule has 2 heterocycles. The molecule has 0 aliphatic carbocycles. The second-order valence-electron chi connectivity index (χ2n) is 2.78. The van der Waals surface area contributed by atoms with Crippen LogP contribution in [0.3, 0.4) is 0 Å². The normalized spacial score (nSPS) is 11.0. The van der Waals surface area contributed by atoms with E-state index in [0.29, 0.717) is 22.7 Å². The Morgan fingerprint density at radius 3 is 3.07 bits per heavy atom. The summed E-state index contributed by atoms with van der Waals surface area (Å²) in [5, 5.41) is 7.76. The maximum Gasteiger partial charge on any atom is 0.265 e. The number of rotatable bonds is 2. The molecular formula is C8H10N4OS. The molecule has 0 radical (unpaired) electrons. The summed E-state index contributed by atoms with van der Waals surface area (Å²) >= 11 is 1.46. The highest BCUT2D eigenvalue weighted by Crippen LogP contribution is 2.12. The zero-order valence-corrected chi connectivity index (χ0v) is 8.76.